The van der Waals surface area contributed by atoms with E-state index in [1.54, 1.807) is 12.2 Å². The van der Waals surface area contributed by atoms with Gasteiger partial charge in [0.2, 0.25) is 0 Å². The van der Waals surface area contributed by atoms with Crippen LogP contribution in [-0.4, -0.2) is 18.5 Å². The molecule has 0 rings (SSSR count). The first kappa shape index (κ1) is 18.6. The van der Waals surface area contributed by atoms with Crippen LogP contribution < -0.4 is 0 Å². The standard InChI is InChI=1S/C17H22O4/c1-4-15(12-10-14-21-17(19)6-3)11-8-7-9-13-20-16(18)5-2/h4-7,9-10,14-15H,1-3,8,11-13H2/b9-7+,14-10-. The molecule has 0 saturated carbocycles. The molecule has 0 aromatic carbocycles. The summed E-state index contributed by atoms with van der Waals surface area (Å²) in [5, 5.41) is 0. The van der Waals surface area contributed by atoms with Crippen molar-refractivity contribution in [2.24, 2.45) is 5.92 Å². The second-order valence-corrected chi connectivity index (χ2v) is 4.13. The zero-order chi connectivity index (χ0) is 15.9. The number of carbonyl (C=O) groups excluding carboxylic acids is 2. The van der Waals surface area contributed by atoms with Gasteiger partial charge in [-0.2, -0.15) is 0 Å². The minimum atomic E-state index is -0.474. The van der Waals surface area contributed by atoms with Crippen molar-refractivity contribution >= 4 is 11.9 Å². The molecule has 0 amide bonds. The summed E-state index contributed by atoms with van der Waals surface area (Å²) in [5.41, 5.74) is 0. The molecule has 21 heavy (non-hydrogen) atoms. The minimum absolute atomic E-state index is 0.251. The van der Waals surface area contributed by atoms with Crippen LogP contribution in [0.1, 0.15) is 19.3 Å². The van der Waals surface area contributed by atoms with Crippen LogP contribution in [0.15, 0.2) is 62.5 Å². The van der Waals surface area contributed by atoms with E-state index < -0.39 is 11.9 Å². The predicted octanol–water partition coefficient (Wildman–Crippen LogP) is 3.49. The maximum absolute atomic E-state index is 10.8. The molecular weight excluding hydrogens is 268 g/mol. The lowest BCUT2D eigenvalue weighted by atomic mass is 9.99. The Morgan fingerprint density at radius 3 is 2.33 bits per heavy atom. The predicted molar refractivity (Wildman–Crippen MR) is 83.3 cm³/mol. The number of carbonyl (C=O) groups is 2. The third kappa shape index (κ3) is 11.2. The number of rotatable bonds is 11. The number of ether oxygens (including phenoxy) is 2. The van der Waals surface area contributed by atoms with E-state index in [-0.39, 0.29) is 6.61 Å². The Kier molecular flexibility index (Phi) is 11.2. The van der Waals surface area contributed by atoms with E-state index in [2.05, 4.69) is 19.7 Å². The molecule has 0 aromatic rings. The van der Waals surface area contributed by atoms with Crippen molar-refractivity contribution in [1.82, 2.24) is 0 Å². The molecule has 0 bridgehead atoms. The van der Waals surface area contributed by atoms with E-state index in [0.717, 1.165) is 31.4 Å². The van der Waals surface area contributed by atoms with Gasteiger partial charge in [0, 0.05) is 12.2 Å². The molecule has 0 radical (unpaired) electrons. The molecule has 0 fully saturated rings. The average Bonchev–Trinajstić information content (AvgIpc) is 2.51. The van der Waals surface area contributed by atoms with Crippen LogP contribution in [0.25, 0.3) is 0 Å². The Labute approximate surface area is 126 Å². The quantitative estimate of drug-likeness (QED) is 0.253. The first-order chi connectivity index (χ1) is 10.1. The molecule has 0 saturated heterocycles. The number of hydrogen-bond donors (Lipinski definition) is 0. The van der Waals surface area contributed by atoms with Gasteiger partial charge in [-0.25, -0.2) is 9.59 Å². The van der Waals surface area contributed by atoms with Crippen LogP contribution in [0, 0.1) is 5.92 Å². The van der Waals surface area contributed by atoms with E-state index >= 15 is 0 Å². The van der Waals surface area contributed by atoms with Crippen molar-refractivity contribution < 1.29 is 19.1 Å². The number of esters is 2. The van der Waals surface area contributed by atoms with E-state index in [4.69, 9.17) is 9.47 Å². The molecule has 4 nitrogen and oxygen atoms in total. The number of allylic oxidation sites excluding steroid dienone is 3. The smallest absolute Gasteiger partial charge is 0.334 e. The van der Waals surface area contributed by atoms with Gasteiger partial charge >= 0.3 is 11.9 Å². The van der Waals surface area contributed by atoms with Crippen molar-refractivity contribution in [2.45, 2.75) is 19.3 Å². The maximum atomic E-state index is 10.8. The van der Waals surface area contributed by atoms with Crippen LogP contribution in [0.5, 0.6) is 0 Å². The summed E-state index contributed by atoms with van der Waals surface area (Å²) >= 11 is 0. The number of hydrogen-bond acceptors (Lipinski definition) is 4. The van der Waals surface area contributed by atoms with Crippen molar-refractivity contribution in [3.05, 3.63) is 62.5 Å². The molecule has 0 aromatic heterocycles. The van der Waals surface area contributed by atoms with Crippen LogP contribution in [-0.2, 0) is 19.1 Å². The monoisotopic (exact) mass is 290 g/mol. The highest BCUT2D eigenvalue weighted by Crippen LogP contribution is 2.13. The lowest BCUT2D eigenvalue weighted by molar-refractivity contribution is -0.136. The molecule has 0 heterocycles. The summed E-state index contributed by atoms with van der Waals surface area (Å²) in [6.45, 7) is 10.6. The second-order valence-electron chi connectivity index (χ2n) is 4.13. The zero-order valence-corrected chi connectivity index (χ0v) is 12.2. The molecule has 0 spiro atoms. The Bertz CT molecular complexity index is 419. The molecule has 0 N–H and O–H groups in total. The van der Waals surface area contributed by atoms with Crippen LogP contribution in [0.4, 0.5) is 0 Å². The summed E-state index contributed by atoms with van der Waals surface area (Å²) in [4.78, 5) is 21.6. The summed E-state index contributed by atoms with van der Waals surface area (Å²) < 4.78 is 9.54. The summed E-state index contributed by atoms with van der Waals surface area (Å²) in [6.07, 6.45) is 13.5. The van der Waals surface area contributed by atoms with Gasteiger partial charge in [-0.1, -0.05) is 31.4 Å². The third-order valence-electron chi connectivity index (χ3n) is 2.58. The highest BCUT2D eigenvalue weighted by Gasteiger charge is 2.00. The first-order valence-corrected chi connectivity index (χ1v) is 6.68. The maximum Gasteiger partial charge on any atom is 0.334 e. The molecule has 4 heteroatoms. The zero-order valence-electron chi connectivity index (χ0n) is 12.2. The molecule has 0 aliphatic rings. The highest BCUT2D eigenvalue weighted by atomic mass is 16.5. The lowest BCUT2D eigenvalue weighted by Gasteiger charge is -2.07. The van der Waals surface area contributed by atoms with Crippen LogP contribution in [0.2, 0.25) is 0 Å². The normalized spacial score (nSPS) is 12.0. The van der Waals surface area contributed by atoms with Crippen LogP contribution in [0.3, 0.4) is 0 Å². The van der Waals surface area contributed by atoms with Gasteiger partial charge in [0.1, 0.15) is 6.61 Å². The van der Waals surface area contributed by atoms with Gasteiger partial charge in [-0.05, 0) is 31.3 Å². The van der Waals surface area contributed by atoms with Gasteiger partial charge in [0.05, 0.1) is 6.26 Å². The average molecular weight is 290 g/mol. The molecule has 1 unspecified atom stereocenters. The van der Waals surface area contributed by atoms with E-state index in [1.807, 2.05) is 12.2 Å². The van der Waals surface area contributed by atoms with Gasteiger partial charge < -0.3 is 9.47 Å². The van der Waals surface area contributed by atoms with Gasteiger partial charge in [-0.3, -0.25) is 0 Å². The Morgan fingerprint density at radius 1 is 1.00 bits per heavy atom. The Morgan fingerprint density at radius 2 is 1.71 bits per heavy atom. The van der Waals surface area contributed by atoms with Crippen molar-refractivity contribution in [2.75, 3.05) is 6.61 Å². The molecule has 0 aliphatic carbocycles. The van der Waals surface area contributed by atoms with E-state index in [0.29, 0.717) is 5.92 Å². The summed E-state index contributed by atoms with van der Waals surface area (Å²) in [7, 11) is 0. The van der Waals surface area contributed by atoms with Gasteiger partial charge in [0.25, 0.3) is 0 Å². The fourth-order valence-corrected chi connectivity index (χ4v) is 1.41. The SMILES string of the molecule is C=CC(=O)O/C=C\CC(C=C)CC/C=C/COC(=O)C=C. The highest BCUT2D eigenvalue weighted by molar-refractivity contribution is 5.81. The minimum Gasteiger partial charge on any atom is -0.458 e. The third-order valence-corrected chi connectivity index (χ3v) is 2.58. The van der Waals surface area contributed by atoms with E-state index in [1.165, 1.54) is 6.26 Å². The summed E-state index contributed by atoms with van der Waals surface area (Å²) in [5.74, 6) is -0.606. The van der Waals surface area contributed by atoms with Gasteiger partial charge in [-0.15, -0.1) is 6.58 Å². The van der Waals surface area contributed by atoms with Crippen molar-refractivity contribution in [3.8, 4) is 0 Å². The van der Waals surface area contributed by atoms with Gasteiger partial charge in [0.15, 0.2) is 0 Å². The van der Waals surface area contributed by atoms with E-state index in [9.17, 15) is 9.59 Å². The second kappa shape index (κ2) is 12.7. The molecule has 114 valence electrons. The topological polar surface area (TPSA) is 52.6 Å². The first-order valence-electron chi connectivity index (χ1n) is 6.68. The fraction of sp³-hybridized carbons (Fsp3) is 0.294. The molecular formula is C17H22O4. The van der Waals surface area contributed by atoms with Crippen molar-refractivity contribution in [1.29, 1.82) is 0 Å². The van der Waals surface area contributed by atoms with Crippen LogP contribution >= 0.6 is 0 Å². The fourth-order valence-electron chi connectivity index (χ4n) is 1.41. The molecule has 1 atom stereocenters. The largest absolute Gasteiger partial charge is 0.458 e. The van der Waals surface area contributed by atoms with Crippen molar-refractivity contribution in [3.63, 3.8) is 0 Å². The molecule has 0 aliphatic heterocycles. The Balaban J connectivity index is 3.84. The lowest BCUT2D eigenvalue weighted by Crippen LogP contribution is -1.99. The Hall–Kier alpha value is -2.36. The summed E-state index contributed by atoms with van der Waals surface area (Å²) in [6, 6.07) is 0.